The summed E-state index contributed by atoms with van der Waals surface area (Å²) in [5.74, 6) is -1.30. The average molecular weight is 407 g/mol. The molecule has 30 heavy (non-hydrogen) atoms. The number of carbonyl (C=O) groups is 1. The minimum absolute atomic E-state index is 0.181. The summed E-state index contributed by atoms with van der Waals surface area (Å²) in [6.07, 6.45) is 8.76. The molecule has 0 radical (unpaired) electrons. The molecule has 0 aliphatic heterocycles. The maximum atomic E-state index is 13.3. The van der Waals surface area contributed by atoms with Gasteiger partial charge in [0.15, 0.2) is 0 Å². The Bertz CT molecular complexity index is 978. The molecule has 0 unspecified atom stereocenters. The van der Waals surface area contributed by atoms with Gasteiger partial charge in [0, 0.05) is 6.08 Å². The van der Waals surface area contributed by atoms with Crippen LogP contribution in [0.25, 0.3) is 5.57 Å². The summed E-state index contributed by atoms with van der Waals surface area (Å²) < 4.78 is 13.3. The summed E-state index contributed by atoms with van der Waals surface area (Å²) in [6, 6.07) is 13.0. The normalized spacial score (nSPS) is 17.7. The molecule has 0 saturated carbocycles. The maximum Gasteiger partial charge on any atom is 0.328 e. The van der Waals surface area contributed by atoms with Crippen molar-refractivity contribution in [2.75, 3.05) is 0 Å². The van der Waals surface area contributed by atoms with Crippen molar-refractivity contribution in [1.29, 1.82) is 0 Å². The summed E-state index contributed by atoms with van der Waals surface area (Å²) in [5, 5.41) is 8.99. The van der Waals surface area contributed by atoms with Crippen LogP contribution in [0.5, 0.6) is 0 Å². The Kier molecular flexibility index (Phi) is 6.30. The van der Waals surface area contributed by atoms with Crippen molar-refractivity contribution in [2.24, 2.45) is 0 Å². The highest BCUT2D eigenvalue weighted by Gasteiger charge is 2.36. The van der Waals surface area contributed by atoms with Crippen LogP contribution in [-0.4, -0.2) is 11.1 Å². The Labute approximate surface area is 179 Å². The molecule has 0 atom stereocenters. The standard InChI is InChI=1S/C27H31FO2/c1-26(2)16-17-27(3,4)24-18-19(8-14-23(24)26)6-5-7-20(11-15-25(29)30)21-9-12-22(28)13-10-21/h7-15,18H,5-6,16-17H2,1-4H3,(H,29,30). The fraction of sp³-hybridized carbons (Fsp3) is 0.370. The predicted molar refractivity (Wildman–Crippen MR) is 121 cm³/mol. The van der Waals surface area contributed by atoms with Gasteiger partial charge in [-0.1, -0.05) is 64.1 Å². The molecule has 0 amide bonds. The van der Waals surface area contributed by atoms with Crippen molar-refractivity contribution >= 4 is 11.5 Å². The maximum absolute atomic E-state index is 13.3. The number of halogens is 1. The Morgan fingerprint density at radius 2 is 1.60 bits per heavy atom. The first-order valence-corrected chi connectivity index (χ1v) is 10.6. The molecule has 0 bridgehead atoms. The van der Waals surface area contributed by atoms with Gasteiger partial charge >= 0.3 is 5.97 Å². The second-order valence-corrected chi connectivity index (χ2v) is 9.52. The van der Waals surface area contributed by atoms with Crippen molar-refractivity contribution in [3.8, 4) is 0 Å². The zero-order chi connectivity index (χ0) is 21.9. The molecular weight excluding hydrogens is 375 g/mol. The molecule has 2 aromatic carbocycles. The minimum atomic E-state index is -0.998. The van der Waals surface area contributed by atoms with E-state index >= 15 is 0 Å². The van der Waals surface area contributed by atoms with Gasteiger partial charge in [0.2, 0.25) is 0 Å². The molecule has 2 aromatic rings. The van der Waals surface area contributed by atoms with E-state index in [2.05, 4.69) is 45.9 Å². The van der Waals surface area contributed by atoms with Gasteiger partial charge in [0.1, 0.15) is 5.82 Å². The van der Waals surface area contributed by atoms with Gasteiger partial charge in [-0.15, -0.1) is 0 Å². The Balaban J connectivity index is 1.83. The lowest BCUT2D eigenvalue weighted by molar-refractivity contribution is -0.131. The Morgan fingerprint density at radius 3 is 2.23 bits per heavy atom. The van der Waals surface area contributed by atoms with Crippen LogP contribution in [-0.2, 0) is 22.0 Å². The summed E-state index contributed by atoms with van der Waals surface area (Å²) in [7, 11) is 0. The van der Waals surface area contributed by atoms with E-state index < -0.39 is 5.97 Å². The van der Waals surface area contributed by atoms with E-state index in [1.165, 1.54) is 41.7 Å². The lowest BCUT2D eigenvalue weighted by Gasteiger charge is -2.42. The molecule has 3 heteroatoms. The zero-order valence-corrected chi connectivity index (χ0v) is 18.3. The first-order valence-electron chi connectivity index (χ1n) is 10.6. The molecule has 0 aromatic heterocycles. The predicted octanol–water partition coefficient (Wildman–Crippen LogP) is 6.83. The molecule has 0 spiro atoms. The first-order chi connectivity index (χ1) is 14.1. The summed E-state index contributed by atoms with van der Waals surface area (Å²) in [5.41, 5.74) is 6.18. The van der Waals surface area contributed by atoms with Crippen molar-refractivity contribution < 1.29 is 14.3 Å². The van der Waals surface area contributed by atoms with Crippen LogP contribution in [0.3, 0.4) is 0 Å². The zero-order valence-electron chi connectivity index (χ0n) is 18.3. The number of fused-ring (bicyclic) bond motifs is 1. The molecule has 0 saturated heterocycles. The summed E-state index contributed by atoms with van der Waals surface area (Å²) in [6.45, 7) is 9.31. The van der Waals surface area contributed by atoms with Crippen LogP contribution in [0.4, 0.5) is 4.39 Å². The monoisotopic (exact) mass is 406 g/mol. The van der Waals surface area contributed by atoms with E-state index in [0.717, 1.165) is 30.1 Å². The molecule has 0 fully saturated rings. The van der Waals surface area contributed by atoms with Gasteiger partial charge in [0.25, 0.3) is 0 Å². The number of benzene rings is 2. The van der Waals surface area contributed by atoms with Gasteiger partial charge in [-0.25, -0.2) is 9.18 Å². The third-order valence-electron chi connectivity index (χ3n) is 6.30. The first kappa shape index (κ1) is 22.0. The van der Waals surface area contributed by atoms with Crippen molar-refractivity contribution in [3.05, 3.63) is 88.8 Å². The van der Waals surface area contributed by atoms with Crippen molar-refractivity contribution in [2.45, 2.75) is 64.2 Å². The number of hydrogen-bond donors (Lipinski definition) is 1. The molecule has 3 rings (SSSR count). The smallest absolute Gasteiger partial charge is 0.328 e. The number of carboxylic acid groups (broad SMARTS) is 1. The van der Waals surface area contributed by atoms with E-state index in [-0.39, 0.29) is 16.6 Å². The number of aliphatic carboxylic acids is 1. The van der Waals surface area contributed by atoms with E-state index in [0.29, 0.717) is 0 Å². The topological polar surface area (TPSA) is 37.3 Å². The highest BCUT2D eigenvalue weighted by Crippen LogP contribution is 2.45. The highest BCUT2D eigenvalue weighted by molar-refractivity contribution is 5.85. The van der Waals surface area contributed by atoms with Crippen LogP contribution in [0.2, 0.25) is 0 Å². The fourth-order valence-electron chi connectivity index (χ4n) is 4.27. The average Bonchev–Trinajstić information content (AvgIpc) is 2.69. The number of aryl methyl sites for hydroxylation is 1. The minimum Gasteiger partial charge on any atom is -0.478 e. The van der Waals surface area contributed by atoms with E-state index in [1.54, 1.807) is 18.2 Å². The summed E-state index contributed by atoms with van der Waals surface area (Å²) in [4.78, 5) is 11.0. The lowest BCUT2D eigenvalue weighted by Crippen LogP contribution is -2.33. The van der Waals surface area contributed by atoms with Gasteiger partial charge < -0.3 is 5.11 Å². The van der Waals surface area contributed by atoms with Crippen LogP contribution in [0.15, 0.2) is 60.7 Å². The van der Waals surface area contributed by atoms with Crippen molar-refractivity contribution in [3.63, 3.8) is 0 Å². The van der Waals surface area contributed by atoms with E-state index in [9.17, 15) is 9.18 Å². The Morgan fingerprint density at radius 1 is 0.967 bits per heavy atom. The number of rotatable bonds is 6. The van der Waals surface area contributed by atoms with Crippen LogP contribution in [0.1, 0.15) is 69.2 Å². The van der Waals surface area contributed by atoms with Gasteiger partial charge in [-0.3, -0.25) is 0 Å². The Hall–Kier alpha value is -2.68. The van der Waals surface area contributed by atoms with Crippen LogP contribution in [0, 0.1) is 5.82 Å². The third kappa shape index (κ3) is 5.08. The van der Waals surface area contributed by atoms with Crippen LogP contribution >= 0.6 is 0 Å². The number of allylic oxidation sites excluding steroid dienone is 3. The fourth-order valence-corrected chi connectivity index (χ4v) is 4.27. The second-order valence-electron chi connectivity index (χ2n) is 9.52. The largest absolute Gasteiger partial charge is 0.478 e. The van der Waals surface area contributed by atoms with E-state index in [1.807, 2.05) is 6.08 Å². The molecule has 2 nitrogen and oxygen atoms in total. The van der Waals surface area contributed by atoms with Gasteiger partial charge in [-0.05, 0) is 82.5 Å². The van der Waals surface area contributed by atoms with E-state index in [4.69, 9.17) is 5.11 Å². The second kappa shape index (κ2) is 8.59. The molecular formula is C27H31FO2. The molecule has 1 aliphatic rings. The van der Waals surface area contributed by atoms with Gasteiger partial charge in [0.05, 0.1) is 0 Å². The quantitative estimate of drug-likeness (QED) is 0.421. The molecule has 158 valence electrons. The molecule has 0 heterocycles. The molecule has 1 aliphatic carbocycles. The highest BCUT2D eigenvalue weighted by atomic mass is 19.1. The van der Waals surface area contributed by atoms with Gasteiger partial charge in [-0.2, -0.15) is 0 Å². The van der Waals surface area contributed by atoms with Crippen LogP contribution < -0.4 is 0 Å². The lowest BCUT2D eigenvalue weighted by atomic mass is 9.63. The summed E-state index contributed by atoms with van der Waals surface area (Å²) >= 11 is 0. The SMILES string of the molecule is CC1(C)CCC(C)(C)c2cc(CCC=C(C=CC(=O)O)c3ccc(F)cc3)ccc21. The third-order valence-corrected chi connectivity index (χ3v) is 6.30. The van der Waals surface area contributed by atoms with Crippen molar-refractivity contribution in [1.82, 2.24) is 0 Å². The number of hydrogen-bond acceptors (Lipinski definition) is 1. The number of carboxylic acids is 1. The molecule has 1 N–H and O–H groups in total.